The molecule has 2 nitrogen and oxygen atoms in total. The predicted molar refractivity (Wildman–Crippen MR) is 81.3 cm³/mol. The van der Waals surface area contributed by atoms with Gasteiger partial charge in [0.2, 0.25) is 0 Å². The SMILES string of the molecule is [CH2][C@H]1NCC(c2ccccc2)C1OCc1ccccc1. The van der Waals surface area contributed by atoms with E-state index in [9.17, 15) is 0 Å². The Bertz CT molecular complexity index is 526. The first kappa shape index (κ1) is 13.3. The third-order valence-corrected chi connectivity index (χ3v) is 3.91. The Kier molecular flexibility index (Phi) is 4.14. The van der Waals surface area contributed by atoms with Crippen LogP contribution in [0.1, 0.15) is 17.0 Å². The van der Waals surface area contributed by atoms with Crippen molar-refractivity contribution in [3.05, 3.63) is 78.7 Å². The molecule has 2 aromatic carbocycles. The molecule has 3 rings (SSSR count). The molecule has 0 saturated carbocycles. The molecule has 3 atom stereocenters. The summed E-state index contributed by atoms with van der Waals surface area (Å²) in [7, 11) is 0. The van der Waals surface area contributed by atoms with Gasteiger partial charge in [-0.3, -0.25) is 0 Å². The Hall–Kier alpha value is -1.64. The van der Waals surface area contributed by atoms with E-state index in [0.29, 0.717) is 12.5 Å². The molecule has 1 aliphatic heterocycles. The molecule has 0 amide bonds. The Morgan fingerprint density at radius 3 is 2.35 bits per heavy atom. The number of hydrogen-bond donors (Lipinski definition) is 1. The van der Waals surface area contributed by atoms with Crippen molar-refractivity contribution in [2.75, 3.05) is 6.54 Å². The van der Waals surface area contributed by atoms with E-state index in [0.717, 1.165) is 6.54 Å². The Morgan fingerprint density at radius 1 is 1.00 bits per heavy atom. The van der Waals surface area contributed by atoms with E-state index in [-0.39, 0.29) is 12.1 Å². The lowest BCUT2D eigenvalue weighted by Crippen LogP contribution is -2.30. The van der Waals surface area contributed by atoms with Gasteiger partial charge in [-0.1, -0.05) is 60.7 Å². The maximum Gasteiger partial charge on any atom is 0.0813 e. The lowest BCUT2D eigenvalue weighted by molar-refractivity contribution is 0.0304. The van der Waals surface area contributed by atoms with Gasteiger partial charge >= 0.3 is 0 Å². The minimum Gasteiger partial charge on any atom is -0.371 e. The number of nitrogens with one attached hydrogen (secondary N) is 1. The molecule has 2 heteroatoms. The van der Waals surface area contributed by atoms with Gasteiger partial charge in [-0.15, -0.1) is 0 Å². The van der Waals surface area contributed by atoms with Crippen molar-refractivity contribution in [3.8, 4) is 0 Å². The van der Waals surface area contributed by atoms with Gasteiger partial charge in [-0.05, 0) is 18.1 Å². The maximum atomic E-state index is 6.14. The summed E-state index contributed by atoms with van der Waals surface area (Å²) in [6.45, 7) is 5.74. The van der Waals surface area contributed by atoms with Crippen molar-refractivity contribution in [2.24, 2.45) is 0 Å². The van der Waals surface area contributed by atoms with Crippen LogP contribution < -0.4 is 5.32 Å². The average Bonchev–Trinajstić information content (AvgIpc) is 2.88. The highest BCUT2D eigenvalue weighted by Crippen LogP contribution is 2.29. The first-order valence-electron chi connectivity index (χ1n) is 7.11. The number of hydrogen-bond acceptors (Lipinski definition) is 2. The quantitative estimate of drug-likeness (QED) is 0.918. The highest BCUT2D eigenvalue weighted by Gasteiger charge is 2.34. The van der Waals surface area contributed by atoms with Crippen LogP contribution in [-0.4, -0.2) is 18.7 Å². The molecule has 0 aromatic heterocycles. The van der Waals surface area contributed by atoms with Gasteiger partial charge in [0.15, 0.2) is 0 Å². The van der Waals surface area contributed by atoms with Crippen molar-refractivity contribution >= 4 is 0 Å². The molecule has 0 spiro atoms. The molecule has 1 aliphatic rings. The first-order valence-corrected chi connectivity index (χ1v) is 7.11. The van der Waals surface area contributed by atoms with Gasteiger partial charge < -0.3 is 10.1 Å². The largest absolute Gasteiger partial charge is 0.371 e. The molecule has 1 heterocycles. The summed E-state index contributed by atoms with van der Waals surface area (Å²) < 4.78 is 6.14. The molecular weight excluding hydrogens is 246 g/mol. The molecule has 103 valence electrons. The highest BCUT2D eigenvalue weighted by atomic mass is 16.5. The zero-order valence-corrected chi connectivity index (χ0v) is 11.5. The fourth-order valence-corrected chi connectivity index (χ4v) is 2.80. The second-order valence-corrected chi connectivity index (χ2v) is 5.29. The summed E-state index contributed by atoms with van der Waals surface area (Å²) >= 11 is 0. The van der Waals surface area contributed by atoms with Crippen molar-refractivity contribution in [2.45, 2.75) is 24.7 Å². The lowest BCUT2D eigenvalue weighted by atomic mass is 9.94. The minimum absolute atomic E-state index is 0.123. The van der Waals surface area contributed by atoms with E-state index in [4.69, 9.17) is 4.74 Å². The zero-order valence-electron chi connectivity index (χ0n) is 11.5. The van der Waals surface area contributed by atoms with Crippen molar-refractivity contribution in [1.29, 1.82) is 0 Å². The van der Waals surface area contributed by atoms with E-state index >= 15 is 0 Å². The molecule has 1 saturated heterocycles. The Labute approximate surface area is 120 Å². The van der Waals surface area contributed by atoms with Crippen LogP contribution in [0.25, 0.3) is 0 Å². The van der Waals surface area contributed by atoms with E-state index in [1.807, 2.05) is 24.3 Å². The van der Waals surface area contributed by atoms with Crippen LogP contribution in [0.3, 0.4) is 0 Å². The normalized spacial score (nSPS) is 25.8. The third kappa shape index (κ3) is 2.92. The highest BCUT2D eigenvalue weighted by molar-refractivity contribution is 5.24. The molecule has 1 radical (unpaired) electrons. The lowest BCUT2D eigenvalue weighted by Gasteiger charge is -2.22. The first-order chi connectivity index (χ1) is 9.84. The fraction of sp³-hybridized carbons (Fsp3) is 0.278. The van der Waals surface area contributed by atoms with Crippen LogP contribution in [0.4, 0.5) is 0 Å². The molecule has 2 aromatic rings. The molecule has 20 heavy (non-hydrogen) atoms. The van der Waals surface area contributed by atoms with Crippen molar-refractivity contribution < 1.29 is 4.74 Å². The topological polar surface area (TPSA) is 21.3 Å². The van der Waals surface area contributed by atoms with Crippen LogP contribution >= 0.6 is 0 Å². The molecule has 1 fully saturated rings. The van der Waals surface area contributed by atoms with Crippen LogP contribution in [0.2, 0.25) is 0 Å². The van der Waals surface area contributed by atoms with Gasteiger partial charge in [-0.2, -0.15) is 0 Å². The summed E-state index contributed by atoms with van der Waals surface area (Å²) in [5.41, 5.74) is 2.53. The zero-order chi connectivity index (χ0) is 13.8. The van der Waals surface area contributed by atoms with Crippen LogP contribution in [0, 0.1) is 6.92 Å². The summed E-state index contributed by atoms with van der Waals surface area (Å²) in [5, 5.41) is 3.42. The number of ether oxygens (including phenoxy) is 1. The van der Waals surface area contributed by atoms with Gasteiger partial charge in [0.05, 0.1) is 12.7 Å². The van der Waals surface area contributed by atoms with Gasteiger partial charge in [0.25, 0.3) is 0 Å². The van der Waals surface area contributed by atoms with Crippen LogP contribution in [-0.2, 0) is 11.3 Å². The molecule has 0 bridgehead atoms. The second kappa shape index (κ2) is 6.21. The summed E-state index contributed by atoms with van der Waals surface area (Å²) in [6, 6.07) is 21.0. The maximum absolute atomic E-state index is 6.14. The van der Waals surface area contributed by atoms with E-state index in [2.05, 4.69) is 48.6 Å². The molecule has 2 unspecified atom stereocenters. The third-order valence-electron chi connectivity index (χ3n) is 3.91. The molecular formula is C18H20NO. The summed E-state index contributed by atoms with van der Waals surface area (Å²) in [4.78, 5) is 0. The average molecular weight is 266 g/mol. The van der Waals surface area contributed by atoms with Crippen molar-refractivity contribution in [1.82, 2.24) is 5.32 Å². The second-order valence-electron chi connectivity index (χ2n) is 5.29. The summed E-state index contributed by atoms with van der Waals surface area (Å²) in [6.07, 6.45) is 0.123. The van der Waals surface area contributed by atoms with E-state index < -0.39 is 0 Å². The molecule has 1 N–H and O–H groups in total. The molecule has 0 aliphatic carbocycles. The Morgan fingerprint density at radius 2 is 1.65 bits per heavy atom. The minimum atomic E-state index is 0.123. The fourth-order valence-electron chi connectivity index (χ4n) is 2.80. The van der Waals surface area contributed by atoms with Crippen LogP contribution in [0.15, 0.2) is 60.7 Å². The smallest absolute Gasteiger partial charge is 0.0813 e. The van der Waals surface area contributed by atoms with Crippen LogP contribution in [0.5, 0.6) is 0 Å². The number of benzene rings is 2. The standard InChI is InChI=1S/C18H20NO/c1-14-18(20-13-15-8-4-2-5-9-15)17(12-19-14)16-10-6-3-7-11-16/h2-11,14,17-19H,1,12-13H2/t14-,17?,18?/m1/s1. The number of rotatable bonds is 4. The predicted octanol–water partition coefficient (Wildman–Crippen LogP) is 3.16. The van der Waals surface area contributed by atoms with Gasteiger partial charge in [0, 0.05) is 18.5 Å². The van der Waals surface area contributed by atoms with E-state index in [1.165, 1.54) is 11.1 Å². The van der Waals surface area contributed by atoms with Gasteiger partial charge in [-0.25, -0.2) is 0 Å². The van der Waals surface area contributed by atoms with Gasteiger partial charge in [0.1, 0.15) is 0 Å². The monoisotopic (exact) mass is 266 g/mol. The summed E-state index contributed by atoms with van der Waals surface area (Å²) in [5.74, 6) is 0.377. The van der Waals surface area contributed by atoms with Crippen molar-refractivity contribution in [3.63, 3.8) is 0 Å². The Balaban J connectivity index is 1.70. The van der Waals surface area contributed by atoms with E-state index in [1.54, 1.807) is 0 Å².